The van der Waals surface area contributed by atoms with Gasteiger partial charge in [0.2, 0.25) is 0 Å². The number of rotatable bonds is 4. The Morgan fingerprint density at radius 3 is 3.05 bits per heavy atom. The summed E-state index contributed by atoms with van der Waals surface area (Å²) >= 11 is 0. The van der Waals surface area contributed by atoms with Crippen molar-refractivity contribution < 1.29 is 14.3 Å². The lowest BCUT2D eigenvalue weighted by atomic mass is 10.0. The van der Waals surface area contributed by atoms with Gasteiger partial charge in [-0.3, -0.25) is 9.78 Å². The van der Waals surface area contributed by atoms with Crippen molar-refractivity contribution in [3.05, 3.63) is 24.0 Å². The minimum absolute atomic E-state index is 0.00561. The fraction of sp³-hybridized carbons (Fsp3) is 0.571. The van der Waals surface area contributed by atoms with Gasteiger partial charge in [0.05, 0.1) is 18.3 Å². The van der Waals surface area contributed by atoms with Crippen molar-refractivity contribution in [2.75, 3.05) is 31.7 Å². The molecular weight excluding hydrogens is 258 g/mol. The van der Waals surface area contributed by atoms with Crippen LogP contribution in [0.15, 0.2) is 18.3 Å². The van der Waals surface area contributed by atoms with Crippen LogP contribution in [0.2, 0.25) is 0 Å². The predicted octanol–water partition coefficient (Wildman–Crippen LogP) is 0.811. The van der Waals surface area contributed by atoms with E-state index in [0.29, 0.717) is 13.2 Å². The second-order valence-electron chi connectivity index (χ2n) is 5.60. The van der Waals surface area contributed by atoms with E-state index in [9.17, 15) is 4.79 Å². The number of ether oxygens (including phenoxy) is 2. The van der Waals surface area contributed by atoms with E-state index in [2.05, 4.69) is 9.88 Å². The van der Waals surface area contributed by atoms with Gasteiger partial charge in [-0.25, -0.2) is 0 Å². The number of primary amides is 1. The Bertz CT molecular complexity index is 490. The van der Waals surface area contributed by atoms with Gasteiger partial charge >= 0.3 is 0 Å². The van der Waals surface area contributed by atoms with Crippen molar-refractivity contribution in [1.29, 1.82) is 0 Å². The van der Waals surface area contributed by atoms with Crippen molar-refractivity contribution in [2.45, 2.75) is 25.6 Å². The van der Waals surface area contributed by atoms with E-state index in [1.807, 2.05) is 19.9 Å². The highest BCUT2D eigenvalue weighted by Gasteiger charge is 2.33. The van der Waals surface area contributed by atoms with Gasteiger partial charge in [0, 0.05) is 32.1 Å². The molecule has 2 rings (SSSR count). The number of morpholine rings is 1. The molecule has 1 aliphatic heterocycles. The predicted molar refractivity (Wildman–Crippen MR) is 75.8 cm³/mol. The van der Waals surface area contributed by atoms with Crippen LogP contribution in [0, 0.1) is 0 Å². The lowest BCUT2D eigenvalue weighted by Crippen LogP contribution is -2.54. The third-order valence-corrected chi connectivity index (χ3v) is 3.20. The Morgan fingerprint density at radius 1 is 1.65 bits per heavy atom. The quantitative estimate of drug-likeness (QED) is 0.882. The molecule has 1 fully saturated rings. The van der Waals surface area contributed by atoms with Crippen molar-refractivity contribution in [3.63, 3.8) is 0 Å². The molecule has 6 heteroatoms. The number of carbonyl (C=O) groups is 1. The third kappa shape index (κ3) is 3.46. The van der Waals surface area contributed by atoms with E-state index in [4.69, 9.17) is 15.2 Å². The Hall–Kier alpha value is -1.66. The molecule has 0 saturated carbocycles. The van der Waals surface area contributed by atoms with Gasteiger partial charge in [0.1, 0.15) is 5.69 Å². The molecule has 1 saturated heterocycles. The first-order chi connectivity index (χ1) is 9.41. The van der Waals surface area contributed by atoms with Gasteiger partial charge in [-0.05, 0) is 26.0 Å². The van der Waals surface area contributed by atoms with Crippen LogP contribution < -0.4 is 10.6 Å². The van der Waals surface area contributed by atoms with E-state index < -0.39 is 5.91 Å². The van der Waals surface area contributed by atoms with Gasteiger partial charge in [-0.2, -0.15) is 0 Å². The monoisotopic (exact) mass is 279 g/mol. The van der Waals surface area contributed by atoms with Crippen molar-refractivity contribution in [1.82, 2.24) is 4.98 Å². The molecule has 1 aromatic rings. The van der Waals surface area contributed by atoms with Gasteiger partial charge in [0.25, 0.3) is 5.91 Å². The molecule has 110 valence electrons. The first-order valence-corrected chi connectivity index (χ1v) is 6.59. The average molecular weight is 279 g/mol. The minimum Gasteiger partial charge on any atom is -0.382 e. The normalized spacial score (nSPS) is 21.8. The third-order valence-electron chi connectivity index (χ3n) is 3.20. The summed E-state index contributed by atoms with van der Waals surface area (Å²) in [6, 6.07) is 3.59. The number of hydrogen-bond acceptors (Lipinski definition) is 5. The second-order valence-corrected chi connectivity index (χ2v) is 5.60. The highest BCUT2D eigenvalue weighted by molar-refractivity contribution is 5.91. The fourth-order valence-corrected chi connectivity index (χ4v) is 2.52. The van der Waals surface area contributed by atoms with Crippen LogP contribution in [0.4, 0.5) is 5.69 Å². The molecule has 0 spiro atoms. The molecule has 0 bridgehead atoms. The molecule has 2 N–H and O–H groups in total. The molecule has 1 aromatic heterocycles. The maximum Gasteiger partial charge on any atom is 0.267 e. The van der Waals surface area contributed by atoms with Crippen LogP contribution in [-0.4, -0.2) is 49.4 Å². The zero-order valence-electron chi connectivity index (χ0n) is 12.1. The Morgan fingerprint density at radius 2 is 2.40 bits per heavy atom. The van der Waals surface area contributed by atoms with Crippen LogP contribution in [0.3, 0.4) is 0 Å². The number of nitrogens with zero attached hydrogens (tertiary/aromatic N) is 2. The number of aromatic nitrogens is 1. The van der Waals surface area contributed by atoms with E-state index >= 15 is 0 Å². The second kappa shape index (κ2) is 5.76. The van der Waals surface area contributed by atoms with E-state index in [1.54, 1.807) is 19.4 Å². The Labute approximate surface area is 118 Å². The molecule has 0 aliphatic carbocycles. The van der Waals surface area contributed by atoms with Gasteiger partial charge in [-0.15, -0.1) is 0 Å². The molecule has 2 heterocycles. The largest absolute Gasteiger partial charge is 0.382 e. The molecular formula is C14H21N3O3. The van der Waals surface area contributed by atoms with E-state index in [1.165, 1.54) is 0 Å². The number of anilines is 1. The molecule has 20 heavy (non-hydrogen) atoms. The van der Waals surface area contributed by atoms with E-state index in [-0.39, 0.29) is 17.4 Å². The van der Waals surface area contributed by atoms with Crippen molar-refractivity contribution >= 4 is 11.6 Å². The van der Waals surface area contributed by atoms with Gasteiger partial charge < -0.3 is 20.1 Å². The highest BCUT2D eigenvalue weighted by Crippen LogP contribution is 2.26. The molecule has 1 unspecified atom stereocenters. The summed E-state index contributed by atoms with van der Waals surface area (Å²) < 4.78 is 11.2. The maximum atomic E-state index is 11.2. The molecule has 6 nitrogen and oxygen atoms in total. The summed E-state index contributed by atoms with van der Waals surface area (Å²) in [7, 11) is 1.66. The smallest absolute Gasteiger partial charge is 0.267 e. The first kappa shape index (κ1) is 14.7. The van der Waals surface area contributed by atoms with E-state index in [0.717, 1.165) is 12.2 Å². The highest BCUT2D eigenvalue weighted by atomic mass is 16.5. The molecule has 0 radical (unpaired) electrons. The van der Waals surface area contributed by atoms with Crippen LogP contribution in [0.5, 0.6) is 0 Å². The number of nitrogens with two attached hydrogens (primary N) is 1. The van der Waals surface area contributed by atoms with Gasteiger partial charge in [0.15, 0.2) is 0 Å². The van der Waals surface area contributed by atoms with Crippen LogP contribution in [0.25, 0.3) is 0 Å². The first-order valence-electron chi connectivity index (χ1n) is 6.59. The Kier molecular flexibility index (Phi) is 4.25. The SMILES string of the molecule is COCC1CN(c2ccnc(C(N)=O)c2)CC(C)(C)O1. The summed E-state index contributed by atoms with van der Waals surface area (Å²) in [5.74, 6) is -0.521. The van der Waals surface area contributed by atoms with Crippen LogP contribution >= 0.6 is 0 Å². The molecule has 1 amide bonds. The number of carbonyl (C=O) groups excluding carboxylic acids is 1. The Balaban J connectivity index is 2.22. The lowest BCUT2D eigenvalue weighted by Gasteiger charge is -2.43. The topological polar surface area (TPSA) is 77.7 Å². The number of amides is 1. The van der Waals surface area contributed by atoms with Crippen LogP contribution in [0.1, 0.15) is 24.3 Å². The minimum atomic E-state index is -0.521. The standard InChI is InChI=1S/C14H21N3O3/c1-14(2)9-17(7-11(20-14)8-19-3)10-4-5-16-12(6-10)13(15)18/h4-6,11H,7-9H2,1-3H3,(H2,15,18). The number of methoxy groups -OCH3 is 1. The summed E-state index contributed by atoms with van der Waals surface area (Å²) in [4.78, 5) is 17.4. The zero-order valence-corrected chi connectivity index (χ0v) is 12.1. The summed E-state index contributed by atoms with van der Waals surface area (Å²) in [6.07, 6.45) is 1.59. The summed E-state index contributed by atoms with van der Waals surface area (Å²) in [6.45, 7) is 6.05. The van der Waals surface area contributed by atoms with Crippen molar-refractivity contribution in [3.8, 4) is 0 Å². The lowest BCUT2D eigenvalue weighted by molar-refractivity contribution is -0.106. The number of pyridine rings is 1. The maximum absolute atomic E-state index is 11.2. The fourth-order valence-electron chi connectivity index (χ4n) is 2.52. The molecule has 1 atom stereocenters. The summed E-state index contributed by atoms with van der Waals surface area (Å²) in [5, 5.41) is 0. The molecule has 0 aromatic carbocycles. The molecule has 1 aliphatic rings. The van der Waals surface area contributed by atoms with Crippen molar-refractivity contribution in [2.24, 2.45) is 5.73 Å². The zero-order chi connectivity index (χ0) is 14.8. The summed E-state index contributed by atoms with van der Waals surface area (Å²) in [5.41, 5.74) is 6.19. The number of hydrogen-bond donors (Lipinski definition) is 1. The average Bonchev–Trinajstić information content (AvgIpc) is 2.37. The van der Waals surface area contributed by atoms with Crippen LogP contribution in [-0.2, 0) is 9.47 Å². The van der Waals surface area contributed by atoms with Gasteiger partial charge in [-0.1, -0.05) is 0 Å².